The fraction of sp³-hybridized carbons (Fsp3) is 0.385. The van der Waals surface area contributed by atoms with E-state index in [-0.39, 0.29) is 11.9 Å². The van der Waals surface area contributed by atoms with Crippen LogP contribution in [0.1, 0.15) is 55.6 Å². The Kier molecular flexibility index (Phi) is 6.72. The number of hydrogen-bond acceptors (Lipinski definition) is 8. The van der Waals surface area contributed by atoms with Gasteiger partial charge in [-0.15, -0.1) is 0 Å². The molecular formula is C26H27F3N8O. The van der Waals surface area contributed by atoms with Gasteiger partial charge in [-0.2, -0.15) is 18.2 Å². The summed E-state index contributed by atoms with van der Waals surface area (Å²) in [6.45, 7) is 4.11. The highest BCUT2D eigenvalue weighted by molar-refractivity contribution is 5.66. The van der Waals surface area contributed by atoms with Crippen LogP contribution in [-0.4, -0.2) is 48.6 Å². The molecule has 3 aromatic heterocycles. The molecule has 1 fully saturated rings. The van der Waals surface area contributed by atoms with Gasteiger partial charge >= 0.3 is 6.18 Å². The van der Waals surface area contributed by atoms with Crippen LogP contribution < -0.4 is 9.64 Å². The molecule has 3 heterocycles. The van der Waals surface area contributed by atoms with Gasteiger partial charge in [0.05, 0.1) is 12.8 Å². The van der Waals surface area contributed by atoms with Crippen molar-refractivity contribution in [2.24, 2.45) is 0 Å². The fourth-order valence-electron chi connectivity index (χ4n) is 4.25. The first-order chi connectivity index (χ1) is 18.2. The fourth-order valence-corrected chi connectivity index (χ4v) is 4.25. The van der Waals surface area contributed by atoms with Crippen molar-refractivity contribution in [3.05, 3.63) is 60.1 Å². The van der Waals surface area contributed by atoms with E-state index in [4.69, 9.17) is 4.74 Å². The molecule has 0 N–H and O–H groups in total. The zero-order valence-electron chi connectivity index (χ0n) is 21.4. The zero-order chi connectivity index (χ0) is 27.0. The van der Waals surface area contributed by atoms with Crippen molar-refractivity contribution in [1.82, 2.24) is 34.5 Å². The number of halogens is 3. The molecular weight excluding hydrogens is 497 g/mol. The van der Waals surface area contributed by atoms with Gasteiger partial charge in [-0.1, -0.05) is 24.3 Å². The van der Waals surface area contributed by atoms with Crippen LogP contribution in [0.2, 0.25) is 0 Å². The summed E-state index contributed by atoms with van der Waals surface area (Å²) in [6, 6.07) is 7.10. The maximum Gasteiger partial charge on any atom is 0.434 e. The second-order valence-electron chi connectivity index (χ2n) is 9.53. The maximum absolute atomic E-state index is 13.3. The Labute approximate surface area is 217 Å². The first-order valence-electron chi connectivity index (χ1n) is 12.2. The minimum Gasteiger partial charge on any atom is -0.480 e. The summed E-state index contributed by atoms with van der Waals surface area (Å²) >= 11 is 0. The number of benzene rings is 1. The molecule has 0 saturated heterocycles. The van der Waals surface area contributed by atoms with Crippen LogP contribution in [0, 0.1) is 0 Å². The number of nitrogens with zero attached hydrogens (tertiary/aromatic N) is 8. The molecule has 9 nitrogen and oxygen atoms in total. The highest BCUT2D eigenvalue weighted by atomic mass is 19.4. The lowest BCUT2D eigenvalue weighted by Crippen LogP contribution is -2.19. The summed E-state index contributed by atoms with van der Waals surface area (Å²) in [5.74, 6) is 1.94. The monoisotopic (exact) mass is 524 g/mol. The number of rotatable bonds is 8. The van der Waals surface area contributed by atoms with Gasteiger partial charge in [-0.05, 0) is 32.3 Å². The lowest BCUT2D eigenvalue weighted by molar-refractivity contribution is -0.140. The lowest BCUT2D eigenvalue weighted by atomic mass is 10.1. The van der Waals surface area contributed by atoms with Gasteiger partial charge in [0, 0.05) is 37.3 Å². The van der Waals surface area contributed by atoms with Crippen LogP contribution in [-0.2, 0) is 12.7 Å². The predicted molar refractivity (Wildman–Crippen MR) is 135 cm³/mol. The Hall–Kier alpha value is -4.09. The Bertz CT molecular complexity index is 1430. The van der Waals surface area contributed by atoms with Gasteiger partial charge in [0.2, 0.25) is 11.8 Å². The summed E-state index contributed by atoms with van der Waals surface area (Å²) in [6.07, 6.45) is 1.60. The molecule has 1 aliphatic carbocycles. The van der Waals surface area contributed by atoms with E-state index in [0.717, 1.165) is 30.3 Å². The smallest absolute Gasteiger partial charge is 0.434 e. The van der Waals surface area contributed by atoms with Gasteiger partial charge in [-0.25, -0.2) is 24.9 Å². The number of hydrogen-bond donors (Lipinski definition) is 0. The quantitative estimate of drug-likeness (QED) is 0.306. The van der Waals surface area contributed by atoms with E-state index < -0.39 is 11.9 Å². The maximum atomic E-state index is 13.3. The average molecular weight is 525 g/mol. The summed E-state index contributed by atoms with van der Waals surface area (Å²) in [7, 11) is 3.41. The van der Waals surface area contributed by atoms with Crippen molar-refractivity contribution in [3.8, 4) is 28.7 Å². The molecule has 0 aliphatic heterocycles. The summed E-state index contributed by atoms with van der Waals surface area (Å²) < 4.78 is 46.8. The van der Waals surface area contributed by atoms with Gasteiger partial charge in [0.1, 0.15) is 24.0 Å². The molecule has 5 rings (SSSR count). The molecule has 0 spiro atoms. The molecule has 0 atom stereocenters. The molecule has 1 saturated carbocycles. The second-order valence-corrected chi connectivity index (χ2v) is 9.53. The van der Waals surface area contributed by atoms with E-state index in [9.17, 15) is 13.2 Å². The van der Waals surface area contributed by atoms with E-state index in [1.807, 2.05) is 37.9 Å². The molecule has 0 radical (unpaired) electrons. The summed E-state index contributed by atoms with van der Waals surface area (Å²) in [4.78, 5) is 27.8. The molecule has 1 aromatic carbocycles. The van der Waals surface area contributed by atoms with E-state index in [2.05, 4.69) is 29.9 Å². The SMILES string of the molecule is COc1ncnc(C2CC2)c1-c1ncnc(N(C)Cc2ccc(-c3nc(C(F)(F)F)cn3C(C)C)cc2)n1. The lowest BCUT2D eigenvalue weighted by Gasteiger charge is -2.18. The van der Waals surface area contributed by atoms with E-state index >= 15 is 0 Å². The highest BCUT2D eigenvalue weighted by Gasteiger charge is 2.35. The minimum atomic E-state index is -4.50. The number of imidazole rings is 1. The minimum absolute atomic E-state index is 0.175. The number of alkyl halides is 3. The molecule has 4 aromatic rings. The molecule has 38 heavy (non-hydrogen) atoms. The molecule has 1 aliphatic rings. The van der Waals surface area contributed by atoms with Crippen LogP contribution in [0.3, 0.4) is 0 Å². The topological polar surface area (TPSA) is 94.7 Å². The van der Waals surface area contributed by atoms with Crippen molar-refractivity contribution in [2.45, 2.75) is 51.4 Å². The van der Waals surface area contributed by atoms with Gasteiger partial charge in [0.25, 0.3) is 0 Å². The average Bonchev–Trinajstić information content (AvgIpc) is 3.64. The largest absolute Gasteiger partial charge is 0.480 e. The van der Waals surface area contributed by atoms with Gasteiger partial charge < -0.3 is 14.2 Å². The van der Waals surface area contributed by atoms with E-state index in [1.165, 1.54) is 17.2 Å². The van der Waals surface area contributed by atoms with Crippen LogP contribution in [0.5, 0.6) is 5.88 Å². The van der Waals surface area contributed by atoms with Crippen LogP contribution >= 0.6 is 0 Å². The summed E-state index contributed by atoms with van der Waals surface area (Å²) in [5.41, 5.74) is 2.18. The van der Waals surface area contributed by atoms with Gasteiger partial charge in [-0.3, -0.25) is 0 Å². The standard InChI is InChI=1S/C26H27F3N8O/c1-15(2)37-12-19(26(27,28)29)34-23(37)18-7-5-16(6-8-18)11-36(3)25-33-14-31-22(35-25)20-21(17-9-10-17)30-13-32-24(20)38-4/h5-8,12-15,17H,9-11H2,1-4H3. The number of methoxy groups -OCH3 is 1. The third kappa shape index (κ3) is 5.15. The Morgan fingerprint density at radius 2 is 1.74 bits per heavy atom. The van der Waals surface area contributed by atoms with Crippen LogP contribution in [0.15, 0.2) is 43.1 Å². The van der Waals surface area contributed by atoms with Crippen molar-refractivity contribution in [1.29, 1.82) is 0 Å². The van der Waals surface area contributed by atoms with Gasteiger partial charge in [0.15, 0.2) is 11.5 Å². The first-order valence-corrected chi connectivity index (χ1v) is 12.2. The normalized spacial score (nSPS) is 13.7. The molecule has 0 amide bonds. The summed E-state index contributed by atoms with van der Waals surface area (Å²) in [5, 5.41) is 0. The number of anilines is 1. The number of aromatic nitrogens is 7. The third-order valence-electron chi connectivity index (χ3n) is 6.33. The Morgan fingerprint density at radius 1 is 1.03 bits per heavy atom. The Morgan fingerprint density at radius 3 is 2.37 bits per heavy atom. The number of ether oxygens (including phenoxy) is 1. The van der Waals surface area contributed by atoms with Crippen molar-refractivity contribution >= 4 is 5.95 Å². The molecule has 0 unspecified atom stereocenters. The van der Waals surface area contributed by atoms with Crippen molar-refractivity contribution in [2.75, 3.05) is 19.1 Å². The van der Waals surface area contributed by atoms with E-state index in [0.29, 0.717) is 41.2 Å². The van der Waals surface area contributed by atoms with Crippen LogP contribution in [0.4, 0.5) is 19.1 Å². The van der Waals surface area contributed by atoms with Crippen molar-refractivity contribution < 1.29 is 17.9 Å². The van der Waals surface area contributed by atoms with Crippen molar-refractivity contribution in [3.63, 3.8) is 0 Å². The molecule has 198 valence electrons. The predicted octanol–water partition coefficient (Wildman–Crippen LogP) is 5.31. The molecule has 0 bridgehead atoms. The Balaban J connectivity index is 1.38. The van der Waals surface area contributed by atoms with E-state index in [1.54, 1.807) is 19.2 Å². The zero-order valence-corrected chi connectivity index (χ0v) is 21.4. The van der Waals surface area contributed by atoms with Crippen LogP contribution in [0.25, 0.3) is 22.8 Å². The highest BCUT2D eigenvalue weighted by Crippen LogP contribution is 2.44. The third-order valence-corrected chi connectivity index (χ3v) is 6.33. The molecule has 12 heteroatoms. The first kappa shape index (κ1) is 25.6. The second kappa shape index (κ2) is 9.99.